The summed E-state index contributed by atoms with van der Waals surface area (Å²) in [5.41, 5.74) is 0. The molecule has 0 aromatic rings. The van der Waals surface area contributed by atoms with Crippen LogP contribution in [0.5, 0.6) is 0 Å². The zero-order chi connectivity index (χ0) is 17.1. The zero-order valence-corrected chi connectivity index (χ0v) is 15.2. The van der Waals surface area contributed by atoms with Gasteiger partial charge >= 0.3 is 10.4 Å². The summed E-state index contributed by atoms with van der Waals surface area (Å²) in [6.07, 6.45) is 9.52. The van der Waals surface area contributed by atoms with Crippen LogP contribution < -0.4 is 0 Å². The zero-order valence-electron chi connectivity index (χ0n) is 14.4. The van der Waals surface area contributed by atoms with Gasteiger partial charge in [0.15, 0.2) is 6.29 Å². The molecule has 1 atom stereocenters. The van der Waals surface area contributed by atoms with E-state index < -0.39 is 16.5 Å². The molecule has 1 aliphatic heterocycles. The monoisotopic (exact) mass is 352 g/mol. The normalized spacial score (nSPS) is 23.8. The van der Waals surface area contributed by atoms with Crippen molar-refractivity contribution in [3.05, 3.63) is 0 Å². The molecule has 0 radical (unpaired) electrons. The predicted octanol–water partition coefficient (Wildman–Crippen LogP) is 3.71. The van der Waals surface area contributed by atoms with Gasteiger partial charge in [0.25, 0.3) is 0 Å². The summed E-state index contributed by atoms with van der Waals surface area (Å²) in [5.74, 6) is 0.336. The maximum Gasteiger partial charge on any atom is 0.397 e. The number of hydrogen-bond acceptors (Lipinski definition) is 5. The van der Waals surface area contributed by atoms with Crippen molar-refractivity contribution in [2.75, 3.05) is 13.2 Å². The highest BCUT2D eigenvalue weighted by atomic mass is 32.3. The van der Waals surface area contributed by atoms with Gasteiger partial charge in [-0.3, -0.25) is 4.55 Å². The topological polar surface area (TPSA) is 82.1 Å². The molecule has 1 aliphatic rings. The predicted molar refractivity (Wildman–Crippen MR) is 88.5 cm³/mol. The molecule has 0 saturated carbocycles. The van der Waals surface area contributed by atoms with E-state index in [9.17, 15) is 8.42 Å². The van der Waals surface area contributed by atoms with Crippen LogP contribution in [0, 0.1) is 5.92 Å². The molecule has 0 amide bonds. The molecule has 0 aliphatic carbocycles. The summed E-state index contributed by atoms with van der Waals surface area (Å²) in [5, 5.41) is 0. The Kier molecular flexibility index (Phi) is 10.3. The molecule has 1 rings (SSSR count). The highest BCUT2D eigenvalue weighted by Gasteiger charge is 2.31. The van der Waals surface area contributed by atoms with E-state index in [1.54, 1.807) is 0 Å². The third kappa shape index (κ3) is 9.62. The van der Waals surface area contributed by atoms with E-state index in [0.717, 1.165) is 25.7 Å². The smallest absolute Gasteiger partial charge is 0.350 e. The Morgan fingerprint density at radius 2 is 1.57 bits per heavy atom. The van der Waals surface area contributed by atoms with Gasteiger partial charge in [0.1, 0.15) is 6.10 Å². The highest BCUT2D eigenvalue weighted by Crippen LogP contribution is 2.26. The minimum Gasteiger partial charge on any atom is -0.350 e. The molecule has 0 aromatic heterocycles. The van der Waals surface area contributed by atoms with Crippen molar-refractivity contribution in [2.24, 2.45) is 5.92 Å². The van der Waals surface area contributed by atoms with Crippen LogP contribution >= 0.6 is 0 Å². The molecular formula is C16H32O6S. The van der Waals surface area contributed by atoms with E-state index in [0.29, 0.717) is 5.92 Å². The first-order valence-electron chi connectivity index (χ1n) is 8.85. The first-order valence-corrected chi connectivity index (χ1v) is 10.2. The Balaban J connectivity index is 2.37. The van der Waals surface area contributed by atoms with E-state index in [-0.39, 0.29) is 19.5 Å². The van der Waals surface area contributed by atoms with E-state index in [2.05, 4.69) is 18.0 Å². The second kappa shape index (κ2) is 11.4. The molecule has 6 nitrogen and oxygen atoms in total. The van der Waals surface area contributed by atoms with Gasteiger partial charge in [-0.1, -0.05) is 58.8 Å². The summed E-state index contributed by atoms with van der Waals surface area (Å²) in [4.78, 5) is 0. The van der Waals surface area contributed by atoms with Crippen LogP contribution in [0.4, 0.5) is 0 Å². The molecule has 0 bridgehead atoms. The van der Waals surface area contributed by atoms with Gasteiger partial charge < -0.3 is 9.47 Å². The molecular weight excluding hydrogens is 320 g/mol. The molecule has 1 heterocycles. The van der Waals surface area contributed by atoms with Gasteiger partial charge in [0.05, 0.1) is 13.2 Å². The Morgan fingerprint density at radius 3 is 2.13 bits per heavy atom. The molecule has 0 spiro atoms. The van der Waals surface area contributed by atoms with Crippen molar-refractivity contribution in [1.29, 1.82) is 0 Å². The third-order valence-corrected chi connectivity index (χ3v) is 4.66. The molecule has 1 fully saturated rings. The van der Waals surface area contributed by atoms with E-state index in [1.807, 2.05) is 0 Å². The third-order valence-electron chi connectivity index (χ3n) is 4.14. The first kappa shape index (κ1) is 20.8. The number of ether oxygens (including phenoxy) is 2. The summed E-state index contributed by atoms with van der Waals surface area (Å²) >= 11 is 0. The van der Waals surface area contributed by atoms with Crippen LogP contribution in [-0.4, -0.2) is 38.6 Å². The van der Waals surface area contributed by atoms with Crippen LogP contribution in [0.3, 0.4) is 0 Å². The molecule has 23 heavy (non-hydrogen) atoms. The molecule has 1 N–H and O–H groups in total. The SMILES string of the molecule is CCCCCCCC(CCCC)C1OCC(OS(=O)(=O)O)CO1. The minimum absolute atomic E-state index is 0.128. The van der Waals surface area contributed by atoms with E-state index in [1.165, 1.54) is 32.1 Å². The van der Waals surface area contributed by atoms with Gasteiger partial charge in [-0.2, -0.15) is 8.42 Å². The van der Waals surface area contributed by atoms with E-state index >= 15 is 0 Å². The molecule has 1 unspecified atom stereocenters. The molecule has 138 valence electrons. The highest BCUT2D eigenvalue weighted by molar-refractivity contribution is 7.80. The largest absolute Gasteiger partial charge is 0.397 e. The quantitative estimate of drug-likeness (QED) is 0.426. The Labute approximate surface area is 140 Å². The lowest BCUT2D eigenvalue weighted by atomic mass is 9.94. The van der Waals surface area contributed by atoms with Crippen molar-refractivity contribution in [3.8, 4) is 0 Å². The number of unbranched alkanes of at least 4 members (excludes halogenated alkanes) is 5. The van der Waals surface area contributed by atoms with Crippen LogP contribution in [0.15, 0.2) is 0 Å². The molecule has 7 heteroatoms. The van der Waals surface area contributed by atoms with Gasteiger partial charge in [-0.25, -0.2) is 4.18 Å². The summed E-state index contributed by atoms with van der Waals surface area (Å²) < 4.78 is 45.9. The van der Waals surface area contributed by atoms with Crippen molar-refractivity contribution in [2.45, 2.75) is 84.0 Å². The fourth-order valence-electron chi connectivity index (χ4n) is 2.89. The first-order chi connectivity index (χ1) is 11.0. The van der Waals surface area contributed by atoms with Crippen molar-refractivity contribution < 1.29 is 26.6 Å². The van der Waals surface area contributed by atoms with Crippen LogP contribution in [0.2, 0.25) is 0 Å². The summed E-state index contributed by atoms with van der Waals surface area (Å²) in [6.45, 7) is 4.63. The van der Waals surface area contributed by atoms with Gasteiger partial charge in [-0.15, -0.1) is 0 Å². The lowest BCUT2D eigenvalue weighted by Gasteiger charge is -2.33. The average molecular weight is 352 g/mol. The van der Waals surface area contributed by atoms with Gasteiger partial charge in [-0.05, 0) is 12.8 Å². The van der Waals surface area contributed by atoms with Gasteiger partial charge in [0.2, 0.25) is 0 Å². The Hall–Kier alpha value is -0.210. The Bertz CT molecular complexity index is 389. The minimum atomic E-state index is -4.46. The van der Waals surface area contributed by atoms with Gasteiger partial charge in [0, 0.05) is 5.92 Å². The maximum atomic E-state index is 10.7. The average Bonchev–Trinajstić information content (AvgIpc) is 2.49. The second-order valence-electron chi connectivity index (χ2n) is 6.29. The van der Waals surface area contributed by atoms with Crippen molar-refractivity contribution in [1.82, 2.24) is 0 Å². The van der Waals surface area contributed by atoms with Crippen LogP contribution in [0.25, 0.3) is 0 Å². The summed E-state index contributed by atoms with van der Waals surface area (Å²) in [6, 6.07) is 0. The standard InChI is InChI=1S/C16H32O6S/c1-3-5-7-8-9-11-14(10-6-4-2)16-20-12-15(13-21-16)22-23(17,18)19/h14-16H,3-13H2,1-2H3,(H,17,18,19). The number of hydrogen-bond donors (Lipinski definition) is 1. The lowest BCUT2D eigenvalue weighted by Crippen LogP contribution is -2.41. The van der Waals surface area contributed by atoms with E-state index in [4.69, 9.17) is 14.0 Å². The maximum absolute atomic E-state index is 10.7. The van der Waals surface area contributed by atoms with Crippen molar-refractivity contribution in [3.63, 3.8) is 0 Å². The fourth-order valence-corrected chi connectivity index (χ4v) is 3.35. The summed E-state index contributed by atoms with van der Waals surface area (Å²) in [7, 11) is -4.46. The fraction of sp³-hybridized carbons (Fsp3) is 1.00. The van der Waals surface area contributed by atoms with Crippen LogP contribution in [0.1, 0.15) is 71.6 Å². The number of rotatable bonds is 12. The lowest BCUT2D eigenvalue weighted by molar-refractivity contribution is -0.235. The Morgan fingerprint density at radius 1 is 1.00 bits per heavy atom. The molecule has 0 aromatic carbocycles. The molecule has 1 saturated heterocycles. The second-order valence-corrected chi connectivity index (χ2v) is 7.33. The van der Waals surface area contributed by atoms with Crippen LogP contribution in [-0.2, 0) is 24.1 Å². The van der Waals surface area contributed by atoms with Crippen molar-refractivity contribution >= 4 is 10.4 Å².